The van der Waals surface area contributed by atoms with Crippen molar-refractivity contribution in [3.8, 4) is 0 Å². The summed E-state index contributed by atoms with van der Waals surface area (Å²) < 4.78 is 16.8. The Labute approximate surface area is 436 Å². The Kier molecular flexibility index (Phi) is 54.0. The molecule has 0 aromatic carbocycles. The number of hydrogen-bond acceptors (Lipinski definition) is 6. The van der Waals surface area contributed by atoms with Crippen LogP contribution < -0.4 is 0 Å². The van der Waals surface area contributed by atoms with Gasteiger partial charge in [-0.3, -0.25) is 14.4 Å². The third-order valence-corrected chi connectivity index (χ3v) is 11.3. The van der Waals surface area contributed by atoms with Crippen LogP contribution >= 0.6 is 0 Å². The Hall–Kier alpha value is -4.71. The van der Waals surface area contributed by atoms with Crippen molar-refractivity contribution in [3.05, 3.63) is 146 Å². The molecule has 0 saturated carbocycles. The summed E-state index contributed by atoms with van der Waals surface area (Å²) in [4.78, 5) is 38.1. The molecule has 0 aromatic heterocycles. The van der Waals surface area contributed by atoms with Crippen LogP contribution in [-0.2, 0) is 28.6 Å². The zero-order chi connectivity index (χ0) is 51.4. The molecule has 0 amide bonds. The molecule has 0 bridgehead atoms. The van der Waals surface area contributed by atoms with E-state index in [4.69, 9.17) is 14.2 Å². The quantitative estimate of drug-likeness (QED) is 0.0262. The first kappa shape index (κ1) is 66.3. The van der Waals surface area contributed by atoms with E-state index in [1.54, 1.807) is 0 Å². The van der Waals surface area contributed by atoms with Gasteiger partial charge in [0, 0.05) is 19.3 Å². The summed E-state index contributed by atoms with van der Waals surface area (Å²) >= 11 is 0. The lowest BCUT2D eigenvalue weighted by atomic mass is 10.1. The lowest BCUT2D eigenvalue weighted by Crippen LogP contribution is -2.30. The van der Waals surface area contributed by atoms with Crippen molar-refractivity contribution < 1.29 is 28.6 Å². The van der Waals surface area contributed by atoms with Gasteiger partial charge in [0.15, 0.2) is 6.10 Å². The van der Waals surface area contributed by atoms with Crippen LogP contribution in [0.3, 0.4) is 0 Å². The van der Waals surface area contributed by atoms with Crippen molar-refractivity contribution in [1.29, 1.82) is 0 Å². The third-order valence-electron chi connectivity index (χ3n) is 11.3. The molecule has 6 heteroatoms. The van der Waals surface area contributed by atoms with Crippen LogP contribution in [0.2, 0.25) is 0 Å². The van der Waals surface area contributed by atoms with Gasteiger partial charge in [0.2, 0.25) is 0 Å². The van der Waals surface area contributed by atoms with Gasteiger partial charge < -0.3 is 14.2 Å². The molecule has 0 fully saturated rings. The number of carbonyl (C=O) groups is 3. The van der Waals surface area contributed by atoms with E-state index in [-0.39, 0.29) is 44.0 Å². The van der Waals surface area contributed by atoms with Gasteiger partial charge in [-0.1, -0.05) is 224 Å². The molecule has 0 radical (unpaired) electrons. The lowest BCUT2D eigenvalue weighted by Gasteiger charge is -2.18. The summed E-state index contributed by atoms with van der Waals surface area (Å²) in [7, 11) is 0. The van der Waals surface area contributed by atoms with E-state index in [1.165, 1.54) is 64.2 Å². The topological polar surface area (TPSA) is 78.9 Å². The second-order valence-corrected chi connectivity index (χ2v) is 18.1. The molecule has 0 aliphatic carbocycles. The molecule has 6 nitrogen and oxygen atoms in total. The zero-order valence-corrected chi connectivity index (χ0v) is 45.4. The summed E-state index contributed by atoms with van der Waals surface area (Å²) in [5.41, 5.74) is 0. The predicted octanol–water partition coefficient (Wildman–Crippen LogP) is 19.2. The fourth-order valence-corrected chi connectivity index (χ4v) is 7.13. The largest absolute Gasteiger partial charge is 0.462 e. The molecule has 71 heavy (non-hydrogen) atoms. The summed E-state index contributed by atoms with van der Waals surface area (Å²) in [5.74, 6) is -1.06. The minimum atomic E-state index is -0.839. The number of hydrogen-bond donors (Lipinski definition) is 0. The van der Waals surface area contributed by atoms with Crippen molar-refractivity contribution in [2.45, 2.75) is 232 Å². The molecular weight excluding hydrogens is 877 g/mol. The van der Waals surface area contributed by atoms with Gasteiger partial charge >= 0.3 is 17.9 Å². The summed E-state index contributed by atoms with van der Waals surface area (Å²) in [6, 6.07) is 0. The first-order valence-electron chi connectivity index (χ1n) is 28.3. The molecule has 0 spiro atoms. The predicted molar refractivity (Wildman–Crippen MR) is 306 cm³/mol. The molecule has 398 valence electrons. The summed E-state index contributed by atoms with van der Waals surface area (Å²) in [6.07, 6.45) is 82.7. The number of carbonyl (C=O) groups excluding carboxylic acids is 3. The third kappa shape index (κ3) is 56.1. The normalized spacial score (nSPS) is 13.2. The van der Waals surface area contributed by atoms with E-state index in [1.807, 2.05) is 0 Å². The molecule has 0 saturated heterocycles. The Morgan fingerprint density at radius 1 is 0.296 bits per heavy atom. The minimum absolute atomic E-state index is 0.126. The van der Waals surface area contributed by atoms with Crippen molar-refractivity contribution >= 4 is 17.9 Å². The number of esters is 3. The molecule has 0 heterocycles. The van der Waals surface area contributed by atoms with E-state index < -0.39 is 6.10 Å². The minimum Gasteiger partial charge on any atom is -0.462 e. The molecule has 1 atom stereocenters. The van der Waals surface area contributed by atoms with Crippen LogP contribution in [-0.4, -0.2) is 37.2 Å². The maximum atomic E-state index is 12.8. The average Bonchev–Trinajstić information content (AvgIpc) is 3.37. The fraction of sp³-hybridized carbons (Fsp3) is 0.585. The van der Waals surface area contributed by atoms with Crippen LogP contribution in [0.4, 0.5) is 0 Å². The number of rotatable bonds is 49. The highest BCUT2D eigenvalue weighted by molar-refractivity contribution is 5.71. The van der Waals surface area contributed by atoms with E-state index in [2.05, 4.69) is 167 Å². The van der Waals surface area contributed by atoms with Crippen molar-refractivity contribution in [3.63, 3.8) is 0 Å². The van der Waals surface area contributed by atoms with Gasteiger partial charge in [0.05, 0.1) is 0 Å². The summed E-state index contributed by atoms with van der Waals surface area (Å²) in [5, 5.41) is 0. The molecule has 0 aliphatic rings. The van der Waals surface area contributed by atoms with Crippen molar-refractivity contribution in [1.82, 2.24) is 0 Å². The van der Waals surface area contributed by atoms with Crippen LogP contribution in [0, 0.1) is 0 Å². The fourth-order valence-electron chi connectivity index (χ4n) is 7.13. The maximum Gasteiger partial charge on any atom is 0.306 e. The number of allylic oxidation sites excluding steroid dienone is 24. The van der Waals surface area contributed by atoms with E-state index >= 15 is 0 Å². The van der Waals surface area contributed by atoms with Crippen LogP contribution in [0.15, 0.2) is 146 Å². The Balaban J connectivity index is 4.58. The van der Waals surface area contributed by atoms with Gasteiger partial charge in [0.25, 0.3) is 0 Å². The second kappa shape index (κ2) is 57.9. The first-order chi connectivity index (χ1) is 35.0. The average molecular weight is 980 g/mol. The van der Waals surface area contributed by atoms with Gasteiger partial charge in [-0.2, -0.15) is 0 Å². The molecule has 0 rings (SSSR count). The highest BCUT2D eigenvalue weighted by Gasteiger charge is 2.19. The van der Waals surface area contributed by atoms with Crippen LogP contribution in [0.1, 0.15) is 226 Å². The highest BCUT2D eigenvalue weighted by Crippen LogP contribution is 2.13. The summed E-state index contributed by atoms with van der Waals surface area (Å²) in [6.45, 7) is 6.28. The second-order valence-electron chi connectivity index (χ2n) is 18.1. The van der Waals surface area contributed by atoms with Gasteiger partial charge in [-0.15, -0.1) is 0 Å². The van der Waals surface area contributed by atoms with E-state index in [0.29, 0.717) is 19.3 Å². The Bertz CT molecular complexity index is 1590. The molecular formula is C65H102O6. The Morgan fingerprint density at radius 3 is 0.915 bits per heavy atom. The number of unbranched alkanes of at least 4 members (excludes halogenated alkanes) is 14. The molecule has 0 aromatic rings. The lowest BCUT2D eigenvalue weighted by molar-refractivity contribution is -0.167. The molecule has 0 aliphatic heterocycles. The maximum absolute atomic E-state index is 12.8. The smallest absolute Gasteiger partial charge is 0.306 e. The van der Waals surface area contributed by atoms with Crippen molar-refractivity contribution in [2.75, 3.05) is 13.2 Å². The molecule has 1 unspecified atom stereocenters. The van der Waals surface area contributed by atoms with Crippen molar-refractivity contribution in [2.24, 2.45) is 0 Å². The standard InChI is InChI=1S/C65H102O6/c1-4-7-10-13-16-19-22-25-28-31-32-35-37-40-43-46-49-52-55-58-64(67)70-61-62(71-65(68)59-56-53-50-47-44-41-38-34-30-27-24-21-18-15-12-9-6-3)60-69-63(66)57-54-51-48-45-42-39-36-33-29-26-23-20-17-14-11-8-5-2/h7,9-10,12,16-21,25-30,36,38-39,41,45,47-48,50,62H,4-6,8,11,13-15,22-24,31-35,37,40,42-44,46,49,51-61H2,1-3H3/b10-7-,12-9-,19-16-,20-17-,21-18-,28-25-,29-26-,30-27-,39-36-,41-38-,48-45-,50-47-. The van der Waals surface area contributed by atoms with Gasteiger partial charge in [0.1, 0.15) is 13.2 Å². The zero-order valence-electron chi connectivity index (χ0n) is 45.4. The van der Waals surface area contributed by atoms with E-state index in [9.17, 15) is 14.4 Å². The highest BCUT2D eigenvalue weighted by atomic mass is 16.6. The monoisotopic (exact) mass is 979 g/mol. The Morgan fingerprint density at radius 2 is 0.563 bits per heavy atom. The number of ether oxygens (including phenoxy) is 3. The molecule has 0 N–H and O–H groups in total. The van der Waals surface area contributed by atoms with Crippen LogP contribution in [0.5, 0.6) is 0 Å². The van der Waals surface area contributed by atoms with Crippen LogP contribution in [0.25, 0.3) is 0 Å². The van der Waals surface area contributed by atoms with Gasteiger partial charge in [-0.05, 0) is 128 Å². The van der Waals surface area contributed by atoms with Gasteiger partial charge in [-0.25, -0.2) is 0 Å². The van der Waals surface area contributed by atoms with E-state index in [0.717, 1.165) is 109 Å². The SMILES string of the molecule is CC/C=C\C/C=C\C/C=C\C/C=C\C/C=C\CCCC(=O)OC(COC(=O)CCC/C=C\C/C=C\C/C=C\C/C=C\CCCCC)COC(=O)CCCCCCCCCCC/C=C\C/C=C\C/C=C\CC. The first-order valence-corrected chi connectivity index (χ1v) is 28.3.